The summed E-state index contributed by atoms with van der Waals surface area (Å²) in [5, 5.41) is 0. The molecular weight excluding hydrogens is 414 g/mol. The summed E-state index contributed by atoms with van der Waals surface area (Å²) in [7, 11) is 0. The third-order valence-corrected chi connectivity index (χ3v) is 23.5. The second-order valence-corrected chi connectivity index (χ2v) is 21.0. The van der Waals surface area contributed by atoms with Crippen molar-refractivity contribution < 1.29 is 13.2 Å². The summed E-state index contributed by atoms with van der Waals surface area (Å²) in [5.41, 5.74) is 0.879. The van der Waals surface area contributed by atoms with E-state index in [0.717, 1.165) is 51.8 Å². The number of hydrogen-bond donors (Lipinski definition) is 0. The fourth-order valence-corrected chi connectivity index (χ4v) is 23.5. The molecule has 128 valence electrons. The number of nitrogens with zero attached hydrogens (tertiary/aromatic N) is 1. The Balaban J connectivity index is 3.23. The number of halogens is 3. The van der Waals surface area contributed by atoms with Crippen LogP contribution in [0.15, 0.2) is 5.51 Å². The van der Waals surface area contributed by atoms with Gasteiger partial charge in [-0.3, -0.25) is 0 Å². The van der Waals surface area contributed by atoms with Gasteiger partial charge < -0.3 is 0 Å². The summed E-state index contributed by atoms with van der Waals surface area (Å²) >= 11 is -1.71. The Morgan fingerprint density at radius 1 is 0.955 bits per heavy atom. The van der Waals surface area contributed by atoms with Crippen LogP contribution in [0.25, 0.3) is 0 Å². The molecule has 1 nitrogen and oxygen atoms in total. The van der Waals surface area contributed by atoms with Crippen LogP contribution in [0.2, 0.25) is 13.3 Å². The molecule has 0 saturated carbocycles. The summed E-state index contributed by atoms with van der Waals surface area (Å²) in [6, 6.07) is 0. The second-order valence-electron chi connectivity index (χ2n) is 6.12. The van der Waals surface area contributed by atoms with Crippen LogP contribution >= 0.6 is 11.3 Å². The van der Waals surface area contributed by atoms with E-state index in [0.29, 0.717) is 2.89 Å². The molecular formula is C16H28F3NSSn. The van der Waals surface area contributed by atoms with Crippen LogP contribution < -0.4 is 2.89 Å². The SMILES string of the molecule is CCC[CH2][Sn]([CH2]CCC)([CH2]CCC)[c]1scnc1C(F)(F)F. The van der Waals surface area contributed by atoms with Crippen LogP contribution in [-0.2, 0) is 6.18 Å². The molecule has 0 aromatic carbocycles. The number of rotatable bonds is 10. The van der Waals surface area contributed by atoms with E-state index in [1.165, 1.54) is 16.8 Å². The van der Waals surface area contributed by atoms with E-state index in [1.807, 2.05) is 0 Å². The van der Waals surface area contributed by atoms with Gasteiger partial charge in [-0.25, -0.2) is 0 Å². The van der Waals surface area contributed by atoms with Crippen molar-refractivity contribution in [1.82, 2.24) is 4.98 Å². The minimum atomic E-state index is -4.29. The Morgan fingerprint density at radius 3 is 1.77 bits per heavy atom. The van der Waals surface area contributed by atoms with Gasteiger partial charge in [0.15, 0.2) is 0 Å². The van der Waals surface area contributed by atoms with E-state index in [1.54, 1.807) is 0 Å². The van der Waals surface area contributed by atoms with E-state index in [-0.39, 0.29) is 0 Å². The van der Waals surface area contributed by atoms with Crippen molar-refractivity contribution in [3.8, 4) is 0 Å². The molecule has 6 heteroatoms. The summed E-state index contributed by atoms with van der Waals surface area (Å²) in [6.07, 6.45) is 2.11. The van der Waals surface area contributed by atoms with Crippen LogP contribution in [0.3, 0.4) is 0 Å². The zero-order valence-electron chi connectivity index (χ0n) is 13.9. The number of aromatic nitrogens is 1. The van der Waals surface area contributed by atoms with Gasteiger partial charge in [-0.05, 0) is 0 Å². The minimum absolute atomic E-state index is 0.545. The van der Waals surface area contributed by atoms with Crippen LogP contribution in [0.5, 0.6) is 0 Å². The van der Waals surface area contributed by atoms with Gasteiger partial charge in [0.1, 0.15) is 0 Å². The normalized spacial score (nSPS) is 12.8. The van der Waals surface area contributed by atoms with Crippen LogP contribution in [0.4, 0.5) is 13.2 Å². The van der Waals surface area contributed by atoms with E-state index < -0.39 is 30.2 Å². The van der Waals surface area contributed by atoms with Crippen molar-refractivity contribution in [1.29, 1.82) is 0 Å². The predicted octanol–water partition coefficient (Wildman–Crippen LogP) is 6.22. The van der Waals surface area contributed by atoms with Crippen LogP contribution in [-0.4, -0.2) is 23.4 Å². The van der Waals surface area contributed by atoms with E-state index >= 15 is 0 Å². The zero-order chi connectivity index (χ0) is 16.6. The molecule has 1 rings (SSSR count). The molecule has 0 saturated heterocycles. The Morgan fingerprint density at radius 2 is 1.41 bits per heavy atom. The van der Waals surface area contributed by atoms with Crippen molar-refractivity contribution in [3.05, 3.63) is 11.2 Å². The Kier molecular flexibility index (Phi) is 8.75. The van der Waals surface area contributed by atoms with Gasteiger partial charge >= 0.3 is 141 Å². The van der Waals surface area contributed by atoms with Gasteiger partial charge in [-0.1, -0.05) is 0 Å². The van der Waals surface area contributed by atoms with Gasteiger partial charge in [0.05, 0.1) is 0 Å². The van der Waals surface area contributed by atoms with Crippen molar-refractivity contribution in [2.24, 2.45) is 0 Å². The maximum absolute atomic E-state index is 13.4. The standard InChI is InChI=1S/C4HF3NS.3C4H9.Sn/c5-4(6,7)3-1-9-2-8-3;3*1-3-4-2;/h2H;3*1,3-4H2,2H3;. The average Bonchev–Trinajstić information content (AvgIpc) is 2.97. The quantitative estimate of drug-likeness (QED) is 0.393. The summed E-state index contributed by atoms with van der Waals surface area (Å²) in [5.74, 6) is 0. The summed E-state index contributed by atoms with van der Waals surface area (Å²) in [4.78, 5) is 3.72. The Bertz CT molecular complexity index is 409. The molecule has 1 aromatic heterocycles. The molecule has 1 heterocycles. The number of unbranched alkanes of at least 4 members (excludes halogenated alkanes) is 3. The average molecular weight is 442 g/mol. The van der Waals surface area contributed by atoms with Gasteiger partial charge in [-0.15, -0.1) is 0 Å². The van der Waals surface area contributed by atoms with Gasteiger partial charge in [-0.2, -0.15) is 0 Å². The van der Waals surface area contributed by atoms with Crippen molar-refractivity contribution in [2.45, 2.75) is 78.8 Å². The fraction of sp³-hybridized carbons (Fsp3) is 0.812. The molecule has 0 spiro atoms. The predicted molar refractivity (Wildman–Crippen MR) is 91.6 cm³/mol. The molecule has 0 unspecified atom stereocenters. The molecule has 0 atom stereocenters. The zero-order valence-corrected chi connectivity index (χ0v) is 17.6. The number of thiazole rings is 1. The van der Waals surface area contributed by atoms with Crippen LogP contribution in [0, 0.1) is 0 Å². The molecule has 0 N–H and O–H groups in total. The fourth-order valence-electron chi connectivity index (χ4n) is 3.09. The van der Waals surface area contributed by atoms with Crippen molar-refractivity contribution >= 4 is 32.6 Å². The first-order valence-electron chi connectivity index (χ1n) is 8.42. The first-order chi connectivity index (χ1) is 10.4. The first kappa shape index (κ1) is 20.3. The van der Waals surface area contributed by atoms with Gasteiger partial charge in [0, 0.05) is 0 Å². The molecule has 0 amide bonds. The Labute approximate surface area is 140 Å². The van der Waals surface area contributed by atoms with E-state index in [9.17, 15) is 13.2 Å². The number of hydrogen-bond acceptors (Lipinski definition) is 2. The monoisotopic (exact) mass is 443 g/mol. The van der Waals surface area contributed by atoms with Crippen LogP contribution in [0.1, 0.15) is 65.0 Å². The molecule has 0 aliphatic rings. The summed E-state index contributed by atoms with van der Waals surface area (Å²) < 4.78 is 43.9. The molecule has 1 aromatic rings. The summed E-state index contributed by atoms with van der Waals surface area (Å²) in [6.45, 7) is 6.40. The van der Waals surface area contributed by atoms with Crippen molar-refractivity contribution in [2.75, 3.05) is 0 Å². The molecule has 0 fully saturated rings. The first-order valence-corrected chi connectivity index (χ1v) is 16.8. The van der Waals surface area contributed by atoms with Gasteiger partial charge in [0.25, 0.3) is 0 Å². The molecule has 0 radical (unpaired) electrons. The maximum atomic E-state index is 13.4. The molecule has 0 aliphatic heterocycles. The van der Waals surface area contributed by atoms with Gasteiger partial charge in [0.2, 0.25) is 0 Å². The third-order valence-electron chi connectivity index (χ3n) is 4.34. The Hall–Kier alpha value is 0.219. The van der Waals surface area contributed by atoms with E-state index in [2.05, 4.69) is 25.8 Å². The number of alkyl halides is 3. The molecule has 0 bridgehead atoms. The topological polar surface area (TPSA) is 12.9 Å². The van der Waals surface area contributed by atoms with Crippen molar-refractivity contribution in [3.63, 3.8) is 0 Å². The second kappa shape index (κ2) is 9.50. The molecule has 0 aliphatic carbocycles. The molecule has 22 heavy (non-hydrogen) atoms. The van der Waals surface area contributed by atoms with E-state index in [4.69, 9.17) is 0 Å². The third kappa shape index (κ3) is 5.39.